The molecule has 0 saturated carbocycles. The number of carbonyl (C=O) groups is 2. The maximum Gasteiger partial charge on any atom is 0.309 e. The molecule has 1 aliphatic heterocycles. The Labute approximate surface area is 198 Å². The van der Waals surface area contributed by atoms with Crippen LogP contribution in [0, 0.1) is 5.92 Å². The third kappa shape index (κ3) is 6.35. The lowest BCUT2D eigenvalue weighted by molar-refractivity contribution is -0.149. The smallest absolute Gasteiger partial charge is 0.309 e. The molecule has 0 unspecified atom stereocenters. The van der Waals surface area contributed by atoms with Crippen molar-refractivity contribution in [1.82, 2.24) is 19.9 Å². The zero-order valence-electron chi connectivity index (χ0n) is 19.1. The molecule has 3 heterocycles. The van der Waals surface area contributed by atoms with Gasteiger partial charge in [0.25, 0.3) is 0 Å². The molecular formula is C25H28N6O3. The molecular weight excluding hydrogens is 432 g/mol. The second-order valence-corrected chi connectivity index (χ2v) is 8.05. The van der Waals surface area contributed by atoms with Gasteiger partial charge in [-0.25, -0.2) is 9.97 Å². The van der Waals surface area contributed by atoms with Gasteiger partial charge in [0.1, 0.15) is 0 Å². The molecule has 0 aliphatic carbocycles. The molecule has 1 amide bonds. The number of pyridine rings is 1. The van der Waals surface area contributed by atoms with Crippen molar-refractivity contribution in [3.63, 3.8) is 0 Å². The molecule has 9 heteroatoms. The Kier molecular flexibility index (Phi) is 7.77. The molecule has 1 saturated heterocycles. The number of rotatable bonds is 8. The Hall–Kier alpha value is -3.85. The van der Waals surface area contributed by atoms with Crippen LogP contribution in [-0.2, 0) is 14.3 Å². The fourth-order valence-corrected chi connectivity index (χ4v) is 3.86. The third-order valence-electron chi connectivity index (χ3n) is 5.63. The quantitative estimate of drug-likeness (QED) is 0.492. The first-order chi connectivity index (χ1) is 16.6. The molecule has 1 aliphatic rings. The van der Waals surface area contributed by atoms with Crippen LogP contribution in [0.4, 0.5) is 17.3 Å². The molecule has 1 fully saturated rings. The van der Waals surface area contributed by atoms with E-state index in [9.17, 15) is 9.59 Å². The number of esters is 1. The third-order valence-corrected chi connectivity index (χ3v) is 5.63. The minimum atomic E-state index is -0.130. The highest BCUT2D eigenvalue weighted by atomic mass is 16.5. The summed E-state index contributed by atoms with van der Waals surface area (Å²) in [6.07, 6.45) is 6.59. The van der Waals surface area contributed by atoms with E-state index in [1.807, 2.05) is 49.4 Å². The number of nitrogens with one attached hydrogen (secondary N) is 2. The van der Waals surface area contributed by atoms with E-state index in [2.05, 4.69) is 30.5 Å². The molecule has 0 atom stereocenters. The van der Waals surface area contributed by atoms with E-state index in [4.69, 9.17) is 4.74 Å². The summed E-state index contributed by atoms with van der Waals surface area (Å²) < 4.78 is 5.10. The molecule has 4 rings (SSSR count). The van der Waals surface area contributed by atoms with Crippen LogP contribution in [-0.4, -0.2) is 58.0 Å². The van der Waals surface area contributed by atoms with Gasteiger partial charge in [-0.2, -0.15) is 0 Å². The molecule has 2 aromatic heterocycles. The van der Waals surface area contributed by atoms with Crippen LogP contribution >= 0.6 is 0 Å². The largest absolute Gasteiger partial charge is 0.466 e. The zero-order valence-corrected chi connectivity index (χ0v) is 19.1. The molecule has 34 heavy (non-hydrogen) atoms. The Bertz CT molecular complexity index is 1100. The van der Waals surface area contributed by atoms with Crippen LogP contribution in [0.5, 0.6) is 0 Å². The van der Waals surface area contributed by atoms with E-state index in [1.54, 1.807) is 18.6 Å². The molecule has 2 N–H and O–H groups in total. The molecule has 9 nitrogen and oxygen atoms in total. The van der Waals surface area contributed by atoms with Gasteiger partial charge in [-0.3, -0.25) is 19.5 Å². The average molecular weight is 461 g/mol. The molecule has 1 aromatic carbocycles. The van der Waals surface area contributed by atoms with Gasteiger partial charge >= 0.3 is 5.97 Å². The van der Waals surface area contributed by atoms with Gasteiger partial charge in [0.05, 0.1) is 24.8 Å². The summed E-state index contributed by atoms with van der Waals surface area (Å²) in [4.78, 5) is 39.2. The molecule has 3 aromatic rings. The number of carbonyl (C=O) groups excluding carboxylic acids is 2. The highest BCUT2D eigenvalue weighted by molar-refractivity contribution is 5.92. The SMILES string of the molecule is CCOC(=O)C1CCN(CC(=O)Nc2ccc(Nc3nccc(-c4ccncc4)n3)cc2)CC1. The number of amides is 1. The predicted molar refractivity (Wildman–Crippen MR) is 129 cm³/mol. The van der Waals surface area contributed by atoms with E-state index in [0.717, 1.165) is 29.8 Å². The number of likely N-dealkylation sites (tertiary alicyclic amines) is 1. The number of nitrogens with zero attached hydrogens (tertiary/aromatic N) is 4. The van der Waals surface area contributed by atoms with Crippen LogP contribution in [0.2, 0.25) is 0 Å². The Morgan fingerprint density at radius 3 is 2.41 bits per heavy atom. The van der Waals surface area contributed by atoms with Crippen molar-refractivity contribution in [1.29, 1.82) is 0 Å². The number of benzene rings is 1. The molecule has 176 valence electrons. The fraction of sp³-hybridized carbons (Fsp3) is 0.320. The Morgan fingerprint density at radius 2 is 1.71 bits per heavy atom. The normalized spacial score (nSPS) is 14.4. The molecule has 0 spiro atoms. The lowest BCUT2D eigenvalue weighted by Crippen LogP contribution is -2.41. The van der Waals surface area contributed by atoms with Crippen molar-refractivity contribution >= 4 is 29.2 Å². The van der Waals surface area contributed by atoms with E-state index < -0.39 is 0 Å². The van der Waals surface area contributed by atoms with Crippen LogP contribution in [0.3, 0.4) is 0 Å². The highest BCUT2D eigenvalue weighted by Gasteiger charge is 2.26. The van der Waals surface area contributed by atoms with Crippen LogP contribution < -0.4 is 10.6 Å². The summed E-state index contributed by atoms with van der Waals surface area (Å²) in [7, 11) is 0. The number of aromatic nitrogens is 3. The lowest BCUT2D eigenvalue weighted by atomic mass is 9.97. The van der Waals surface area contributed by atoms with Crippen LogP contribution in [0.25, 0.3) is 11.3 Å². The Morgan fingerprint density at radius 1 is 1.00 bits per heavy atom. The number of hydrogen-bond donors (Lipinski definition) is 2. The van der Waals surface area contributed by atoms with Gasteiger partial charge in [0.15, 0.2) is 0 Å². The van der Waals surface area contributed by atoms with Crippen LogP contribution in [0.1, 0.15) is 19.8 Å². The Balaban J connectivity index is 1.26. The van der Waals surface area contributed by atoms with Gasteiger partial charge in [-0.15, -0.1) is 0 Å². The highest BCUT2D eigenvalue weighted by Crippen LogP contribution is 2.21. The minimum Gasteiger partial charge on any atom is -0.466 e. The fourth-order valence-electron chi connectivity index (χ4n) is 3.86. The van der Waals surface area contributed by atoms with Crippen molar-refractivity contribution in [2.24, 2.45) is 5.92 Å². The average Bonchev–Trinajstić information content (AvgIpc) is 2.86. The van der Waals surface area contributed by atoms with E-state index in [1.165, 1.54) is 0 Å². The minimum absolute atomic E-state index is 0.0614. The van der Waals surface area contributed by atoms with E-state index in [-0.39, 0.29) is 17.8 Å². The zero-order chi connectivity index (χ0) is 23.8. The maximum absolute atomic E-state index is 12.5. The first kappa shape index (κ1) is 23.3. The summed E-state index contributed by atoms with van der Waals surface area (Å²) >= 11 is 0. The van der Waals surface area contributed by atoms with Gasteiger partial charge in [0, 0.05) is 35.5 Å². The molecule has 0 radical (unpaired) electrons. The maximum atomic E-state index is 12.5. The second-order valence-electron chi connectivity index (χ2n) is 8.05. The van der Waals surface area contributed by atoms with Crippen molar-refractivity contribution in [3.05, 3.63) is 61.1 Å². The summed E-state index contributed by atoms with van der Waals surface area (Å²) in [5.41, 5.74) is 3.29. The topological polar surface area (TPSA) is 109 Å². The van der Waals surface area contributed by atoms with Crippen molar-refractivity contribution < 1.29 is 14.3 Å². The van der Waals surface area contributed by atoms with Crippen molar-refractivity contribution in [2.75, 3.05) is 36.9 Å². The number of piperidine rings is 1. The van der Waals surface area contributed by atoms with Gasteiger partial charge < -0.3 is 15.4 Å². The monoisotopic (exact) mass is 460 g/mol. The van der Waals surface area contributed by atoms with Gasteiger partial charge in [0.2, 0.25) is 11.9 Å². The number of ether oxygens (including phenoxy) is 1. The van der Waals surface area contributed by atoms with Gasteiger partial charge in [-0.1, -0.05) is 0 Å². The van der Waals surface area contributed by atoms with Crippen molar-refractivity contribution in [3.8, 4) is 11.3 Å². The number of hydrogen-bond acceptors (Lipinski definition) is 8. The molecule has 0 bridgehead atoms. The number of anilines is 3. The summed E-state index contributed by atoms with van der Waals surface area (Å²) in [6.45, 7) is 3.93. The first-order valence-corrected chi connectivity index (χ1v) is 11.4. The van der Waals surface area contributed by atoms with Crippen molar-refractivity contribution in [2.45, 2.75) is 19.8 Å². The first-order valence-electron chi connectivity index (χ1n) is 11.4. The standard InChI is InChI=1S/C25H28N6O3/c1-2-34-24(33)19-10-15-31(16-11-19)17-23(32)28-20-3-5-21(6-4-20)29-25-27-14-9-22(30-25)18-7-12-26-13-8-18/h3-9,12-14,19H,2,10-11,15-17H2,1H3,(H,28,32)(H,27,29,30). The summed E-state index contributed by atoms with van der Waals surface area (Å²) in [5.74, 6) is 0.212. The summed E-state index contributed by atoms with van der Waals surface area (Å²) in [5, 5.41) is 6.11. The second kappa shape index (κ2) is 11.3. The van der Waals surface area contributed by atoms with Crippen LogP contribution in [0.15, 0.2) is 61.1 Å². The van der Waals surface area contributed by atoms with E-state index >= 15 is 0 Å². The van der Waals surface area contributed by atoms with Gasteiger partial charge in [-0.05, 0) is 75.3 Å². The lowest BCUT2D eigenvalue weighted by Gasteiger charge is -2.30. The summed E-state index contributed by atoms with van der Waals surface area (Å²) in [6, 6.07) is 13.0. The van der Waals surface area contributed by atoms with E-state index in [0.29, 0.717) is 37.9 Å². The predicted octanol–water partition coefficient (Wildman–Crippen LogP) is 3.50.